The Morgan fingerprint density at radius 2 is 2.07 bits per heavy atom. The third-order valence-electron chi connectivity index (χ3n) is 2.01. The maximum absolute atomic E-state index is 6.03. The average molecular weight is 261 g/mol. The standard InChI is InChI=1S/C10H9ClN2S.ClH/c11-9-2-1-7(5-13-9)10(12)8-3-4-14-6-8;/h1-6,10H,12H2;1H/t10-;/m0./s1. The Labute approximate surface area is 104 Å². The second-order valence-electron chi connectivity index (χ2n) is 2.95. The van der Waals surface area contributed by atoms with Crippen molar-refractivity contribution in [3.05, 3.63) is 51.4 Å². The summed E-state index contributed by atoms with van der Waals surface area (Å²) in [6, 6.07) is 5.57. The van der Waals surface area contributed by atoms with E-state index in [0.29, 0.717) is 5.15 Å². The van der Waals surface area contributed by atoms with E-state index in [1.165, 1.54) is 0 Å². The molecular weight excluding hydrogens is 251 g/mol. The van der Waals surface area contributed by atoms with Crippen LogP contribution >= 0.6 is 35.3 Å². The van der Waals surface area contributed by atoms with Gasteiger partial charge in [0.05, 0.1) is 6.04 Å². The maximum atomic E-state index is 6.03. The van der Waals surface area contributed by atoms with Gasteiger partial charge in [0.15, 0.2) is 0 Å². The van der Waals surface area contributed by atoms with E-state index >= 15 is 0 Å². The van der Waals surface area contributed by atoms with E-state index < -0.39 is 0 Å². The molecule has 0 saturated carbocycles. The van der Waals surface area contributed by atoms with E-state index in [2.05, 4.69) is 4.98 Å². The molecule has 0 amide bonds. The molecule has 0 aliphatic rings. The molecule has 1 atom stereocenters. The van der Waals surface area contributed by atoms with Crippen LogP contribution in [-0.2, 0) is 0 Å². The van der Waals surface area contributed by atoms with Gasteiger partial charge in [-0.3, -0.25) is 0 Å². The van der Waals surface area contributed by atoms with Gasteiger partial charge in [0, 0.05) is 6.20 Å². The maximum Gasteiger partial charge on any atom is 0.129 e. The Hall–Kier alpha value is -0.610. The van der Waals surface area contributed by atoms with Gasteiger partial charge >= 0.3 is 0 Å². The van der Waals surface area contributed by atoms with Crippen molar-refractivity contribution < 1.29 is 0 Å². The summed E-state index contributed by atoms with van der Waals surface area (Å²) in [6.07, 6.45) is 1.71. The molecule has 15 heavy (non-hydrogen) atoms. The summed E-state index contributed by atoms with van der Waals surface area (Å²) < 4.78 is 0. The van der Waals surface area contributed by atoms with Crippen molar-refractivity contribution in [3.63, 3.8) is 0 Å². The Bertz CT molecular complexity index is 400. The van der Waals surface area contributed by atoms with Gasteiger partial charge in [-0.15, -0.1) is 12.4 Å². The number of aromatic nitrogens is 1. The van der Waals surface area contributed by atoms with Crippen LogP contribution in [-0.4, -0.2) is 4.98 Å². The van der Waals surface area contributed by atoms with Gasteiger partial charge in [0.1, 0.15) is 5.15 Å². The van der Waals surface area contributed by atoms with E-state index in [1.807, 2.05) is 22.9 Å². The molecule has 2 rings (SSSR count). The predicted octanol–water partition coefficient (Wildman–Crippen LogP) is 3.27. The van der Waals surface area contributed by atoms with Crippen LogP contribution in [0.25, 0.3) is 0 Å². The highest BCUT2D eigenvalue weighted by molar-refractivity contribution is 7.08. The van der Waals surface area contributed by atoms with Crippen molar-refractivity contribution in [1.29, 1.82) is 0 Å². The highest BCUT2D eigenvalue weighted by Crippen LogP contribution is 2.21. The van der Waals surface area contributed by atoms with Crippen molar-refractivity contribution in [2.24, 2.45) is 5.73 Å². The van der Waals surface area contributed by atoms with Gasteiger partial charge in [-0.05, 0) is 34.0 Å². The molecule has 0 saturated heterocycles. The summed E-state index contributed by atoms with van der Waals surface area (Å²) in [7, 11) is 0. The van der Waals surface area contributed by atoms with E-state index in [9.17, 15) is 0 Å². The molecule has 80 valence electrons. The van der Waals surface area contributed by atoms with E-state index in [1.54, 1.807) is 23.6 Å². The molecule has 2 heterocycles. The van der Waals surface area contributed by atoms with E-state index in [4.69, 9.17) is 17.3 Å². The normalized spacial score (nSPS) is 11.9. The predicted molar refractivity (Wildman–Crippen MR) is 66.8 cm³/mol. The lowest BCUT2D eigenvalue weighted by Gasteiger charge is -2.09. The summed E-state index contributed by atoms with van der Waals surface area (Å²) >= 11 is 7.33. The molecular formula is C10H10Cl2N2S. The van der Waals surface area contributed by atoms with Crippen molar-refractivity contribution in [2.45, 2.75) is 6.04 Å². The quantitative estimate of drug-likeness (QED) is 0.842. The Morgan fingerprint density at radius 1 is 1.27 bits per heavy atom. The number of nitrogens with zero attached hydrogens (tertiary/aromatic N) is 1. The highest BCUT2D eigenvalue weighted by atomic mass is 35.5. The van der Waals surface area contributed by atoms with Crippen LogP contribution in [0, 0.1) is 0 Å². The van der Waals surface area contributed by atoms with Gasteiger partial charge in [0.2, 0.25) is 0 Å². The van der Waals surface area contributed by atoms with Crippen LogP contribution < -0.4 is 5.73 Å². The fraction of sp³-hybridized carbons (Fsp3) is 0.100. The fourth-order valence-corrected chi connectivity index (χ4v) is 2.02. The number of halogens is 2. The number of hydrogen-bond acceptors (Lipinski definition) is 3. The number of thiophene rings is 1. The van der Waals surface area contributed by atoms with Gasteiger partial charge in [-0.1, -0.05) is 17.7 Å². The molecule has 2 nitrogen and oxygen atoms in total. The minimum absolute atomic E-state index is 0. The number of rotatable bonds is 2. The van der Waals surface area contributed by atoms with Crippen LogP contribution in [0.15, 0.2) is 35.2 Å². The second kappa shape index (κ2) is 5.47. The Morgan fingerprint density at radius 3 is 2.60 bits per heavy atom. The second-order valence-corrected chi connectivity index (χ2v) is 4.12. The van der Waals surface area contributed by atoms with Crippen LogP contribution in [0.2, 0.25) is 5.15 Å². The lowest BCUT2D eigenvalue weighted by molar-refractivity contribution is 0.868. The first-order valence-electron chi connectivity index (χ1n) is 4.16. The lowest BCUT2D eigenvalue weighted by Crippen LogP contribution is -2.10. The summed E-state index contributed by atoms with van der Waals surface area (Å²) in [5.41, 5.74) is 8.12. The first kappa shape index (κ1) is 12.5. The smallest absolute Gasteiger partial charge is 0.129 e. The van der Waals surface area contributed by atoms with Crippen LogP contribution in [0.4, 0.5) is 0 Å². The average Bonchev–Trinajstić information content (AvgIpc) is 2.71. The number of hydrogen-bond donors (Lipinski definition) is 1. The molecule has 0 fully saturated rings. The molecule has 5 heteroatoms. The minimum Gasteiger partial charge on any atom is -0.320 e. The van der Waals surface area contributed by atoms with Crippen molar-refractivity contribution in [2.75, 3.05) is 0 Å². The first-order chi connectivity index (χ1) is 6.77. The summed E-state index contributed by atoms with van der Waals surface area (Å²) in [4.78, 5) is 4.00. The van der Waals surface area contributed by atoms with Gasteiger partial charge < -0.3 is 5.73 Å². The van der Waals surface area contributed by atoms with E-state index in [0.717, 1.165) is 11.1 Å². The van der Waals surface area contributed by atoms with Gasteiger partial charge in [-0.25, -0.2) is 4.98 Å². The lowest BCUT2D eigenvalue weighted by atomic mass is 10.1. The number of pyridine rings is 1. The minimum atomic E-state index is -0.106. The largest absolute Gasteiger partial charge is 0.320 e. The fourth-order valence-electron chi connectivity index (χ4n) is 1.22. The molecule has 0 aromatic carbocycles. The van der Waals surface area contributed by atoms with Gasteiger partial charge in [0.25, 0.3) is 0 Å². The van der Waals surface area contributed by atoms with E-state index in [-0.39, 0.29) is 18.4 Å². The van der Waals surface area contributed by atoms with Crippen LogP contribution in [0.3, 0.4) is 0 Å². The molecule has 0 bridgehead atoms. The highest BCUT2D eigenvalue weighted by Gasteiger charge is 2.08. The van der Waals surface area contributed by atoms with Crippen molar-refractivity contribution >= 4 is 35.3 Å². The summed E-state index contributed by atoms with van der Waals surface area (Å²) in [5, 5.41) is 4.55. The van der Waals surface area contributed by atoms with Crippen molar-refractivity contribution in [3.8, 4) is 0 Å². The molecule has 0 spiro atoms. The van der Waals surface area contributed by atoms with Crippen LogP contribution in [0.1, 0.15) is 17.2 Å². The Balaban J connectivity index is 0.00000112. The van der Waals surface area contributed by atoms with Gasteiger partial charge in [-0.2, -0.15) is 11.3 Å². The summed E-state index contributed by atoms with van der Waals surface area (Å²) in [6.45, 7) is 0. The summed E-state index contributed by atoms with van der Waals surface area (Å²) in [5.74, 6) is 0. The van der Waals surface area contributed by atoms with Crippen molar-refractivity contribution in [1.82, 2.24) is 4.98 Å². The first-order valence-corrected chi connectivity index (χ1v) is 5.48. The zero-order chi connectivity index (χ0) is 9.97. The topological polar surface area (TPSA) is 38.9 Å². The molecule has 2 N–H and O–H groups in total. The third-order valence-corrected chi connectivity index (χ3v) is 2.94. The molecule has 0 aliphatic carbocycles. The monoisotopic (exact) mass is 260 g/mol. The number of nitrogens with two attached hydrogens (primary N) is 1. The molecule has 2 aromatic rings. The SMILES string of the molecule is Cl.N[C@@H](c1ccc(Cl)nc1)c1ccsc1. The molecule has 2 aromatic heterocycles. The zero-order valence-electron chi connectivity index (χ0n) is 7.76. The Kier molecular flexibility index (Phi) is 4.54. The molecule has 0 radical (unpaired) electrons. The third kappa shape index (κ3) is 2.92. The zero-order valence-corrected chi connectivity index (χ0v) is 10.1. The molecule has 0 aliphatic heterocycles. The van der Waals surface area contributed by atoms with Crippen LogP contribution in [0.5, 0.6) is 0 Å². The molecule has 0 unspecified atom stereocenters.